The maximum absolute atomic E-state index is 15.2. The van der Waals surface area contributed by atoms with Crippen LogP contribution in [-0.4, -0.2) is 60.9 Å². The Labute approximate surface area is 201 Å². The molecular formula is C20H17F2N6O7P. The highest BCUT2D eigenvalue weighted by Gasteiger charge is 2.91. The maximum atomic E-state index is 15.2. The molecule has 2 aromatic heterocycles. The third-order valence-electron chi connectivity index (χ3n) is 5.85. The average Bonchev–Trinajstić information content (AvgIpc) is 3.52. The lowest BCUT2D eigenvalue weighted by atomic mass is 10.0. The first-order valence-electron chi connectivity index (χ1n) is 10.8. The van der Waals surface area contributed by atoms with Gasteiger partial charge in [-0.2, -0.15) is 4.80 Å². The van der Waals surface area contributed by atoms with Gasteiger partial charge in [-0.15, -0.1) is 10.2 Å². The molecule has 0 radical (unpaired) electrons. The highest BCUT2D eigenvalue weighted by atomic mass is 31.2. The molecule has 4 saturated heterocycles. The number of carbonyl (C=O) groups excluding carboxylic acids is 1. The predicted molar refractivity (Wildman–Crippen MR) is 114 cm³/mol. The maximum Gasteiger partial charge on any atom is 0.486 e. The normalized spacial score (nSPS) is 29.1. The van der Waals surface area contributed by atoms with Gasteiger partial charge in [0.2, 0.25) is 5.82 Å². The number of hydrogen-bond acceptors (Lipinski definition) is 11. The minimum Gasteiger partial charge on any atom is -0.404 e. The second-order valence-electron chi connectivity index (χ2n) is 8.15. The smallest absolute Gasteiger partial charge is 0.404 e. The van der Waals surface area contributed by atoms with Crippen molar-refractivity contribution in [1.29, 1.82) is 0 Å². The highest BCUT2D eigenvalue weighted by Crippen LogP contribution is 2.81. The predicted octanol–water partition coefficient (Wildman–Crippen LogP) is 2.77. The molecule has 1 spiro atoms. The molecule has 2 atom stereocenters. The van der Waals surface area contributed by atoms with E-state index in [0.717, 1.165) is 12.5 Å². The summed E-state index contributed by atoms with van der Waals surface area (Å²) >= 11 is 0. The Kier molecular flexibility index (Phi) is 5.01. The number of alkyl halides is 1. The Morgan fingerprint density at radius 2 is 2.03 bits per heavy atom. The molecule has 6 heterocycles. The van der Waals surface area contributed by atoms with Crippen molar-refractivity contribution in [1.82, 2.24) is 25.2 Å². The summed E-state index contributed by atoms with van der Waals surface area (Å²) in [5, 5.41) is 22.2. The van der Waals surface area contributed by atoms with Gasteiger partial charge in [0.15, 0.2) is 6.10 Å². The summed E-state index contributed by atoms with van der Waals surface area (Å²) in [5.74, 6) is -5.34. The number of aliphatic hydroxyl groups excluding tert-OH is 1. The van der Waals surface area contributed by atoms with E-state index in [2.05, 4.69) is 20.4 Å². The summed E-state index contributed by atoms with van der Waals surface area (Å²) < 4.78 is 61.1. The lowest BCUT2D eigenvalue weighted by Crippen LogP contribution is -2.64. The molecule has 4 aliphatic rings. The molecule has 0 saturated carbocycles. The van der Waals surface area contributed by atoms with Crippen LogP contribution in [0.4, 0.5) is 19.3 Å². The van der Waals surface area contributed by atoms with Gasteiger partial charge in [-0.25, -0.2) is 36.6 Å². The van der Waals surface area contributed by atoms with Crippen molar-refractivity contribution in [2.24, 2.45) is 0 Å². The number of hydrogen-bond donors (Lipinski definition) is 1. The quantitative estimate of drug-likeness (QED) is 0.456. The van der Waals surface area contributed by atoms with Crippen molar-refractivity contribution < 1.29 is 41.6 Å². The number of ether oxygens (including phenoxy) is 1. The fraction of sp³-hybridized carbons (Fsp3) is 0.350. The van der Waals surface area contributed by atoms with Gasteiger partial charge >= 0.3 is 25.6 Å². The zero-order valence-electron chi connectivity index (χ0n) is 18.4. The fourth-order valence-electron chi connectivity index (χ4n) is 4.23. The van der Waals surface area contributed by atoms with Gasteiger partial charge in [-0.05, 0) is 35.9 Å². The number of pyridine rings is 1. The van der Waals surface area contributed by atoms with Crippen molar-refractivity contribution in [2.75, 3.05) is 11.6 Å². The molecule has 1 amide bonds. The van der Waals surface area contributed by atoms with E-state index < -0.39 is 44.2 Å². The Morgan fingerprint density at radius 1 is 1.22 bits per heavy atom. The number of aromatic nitrogens is 5. The second-order valence-corrected chi connectivity index (χ2v) is 9.59. The van der Waals surface area contributed by atoms with E-state index in [9.17, 15) is 18.9 Å². The van der Waals surface area contributed by atoms with Crippen LogP contribution in [0.25, 0.3) is 22.6 Å². The molecule has 7 rings (SSSR count). The second kappa shape index (κ2) is 7.82. The van der Waals surface area contributed by atoms with Gasteiger partial charge in [0.1, 0.15) is 18.2 Å². The minimum atomic E-state index is -4.17. The number of carbonyl (C=O) groups is 1. The molecule has 36 heavy (non-hydrogen) atoms. The minimum absolute atomic E-state index is 0.132. The Hall–Kier alpha value is -3.36. The number of phosphoric acid groups is 1. The third kappa shape index (κ3) is 3.07. The first-order valence-corrected chi connectivity index (χ1v) is 12.2. The molecule has 1 N–H and O–H groups in total. The van der Waals surface area contributed by atoms with Gasteiger partial charge in [0.25, 0.3) is 0 Å². The van der Waals surface area contributed by atoms with E-state index in [1.165, 1.54) is 23.1 Å². The summed E-state index contributed by atoms with van der Waals surface area (Å²) in [5.41, 5.74) is 0.874. The van der Waals surface area contributed by atoms with E-state index >= 15 is 4.39 Å². The molecule has 13 nitrogen and oxygen atoms in total. The van der Waals surface area contributed by atoms with Crippen molar-refractivity contribution in [3.8, 4) is 22.6 Å². The summed E-state index contributed by atoms with van der Waals surface area (Å²) in [7, 11) is -4.17. The van der Waals surface area contributed by atoms with Crippen molar-refractivity contribution in [3.63, 3.8) is 0 Å². The van der Waals surface area contributed by atoms with E-state index in [-0.39, 0.29) is 11.3 Å². The van der Waals surface area contributed by atoms with Crippen LogP contribution >= 0.6 is 7.82 Å². The number of rotatable bonds is 7. The van der Waals surface area contributed by atoms with Crippen LogP contribution in [0.5, 0.6) is 0 Å². The van der Waals surface area contributed by atoms with Crippen molar-refractivity contribution in [2.45, 2.75) is 37.7 Å². The molecule has 0 unspecified atom stereocenters. The summed E-state index contributed by atoms with van der Waals surface area (Å²) in [6, 6.07) is 6.91. The SMILES string of the molecule is CCCn1nnc(-c2ccc(-c3ccc(N4C(=O)O[C@@]5([C@H](O)CF)OP6(=O)OC45O6)cc3F)cn2)n1. The van der Waals surface area contributed by atoms with Crippen LogP contribution in [-0.2, 0) is 29.4 Å². The van der Waals surface area contributed by atoms with Gasteiger partial charge in [0.05, 0.1) is 12.2 Å². The molecule has 188 valence electrons. The van der Waals surface area contributed by atoms with E-state index in [1.54, 1.807) is 12.1 Å². The molecule has 4 fully saturated rings. The first-order chi connectivity index (χ1) is 17.2. The molecule has 0 aliphatic carbocycles. The summed E-state index contributed by atoms with van der Waals surface area (Å²) in [6.07, 6.45) is -0.985. The largest absolute Gasteiger partial charge is 0.486 e. The third-order valence-corrected chi connectivity index (χ3v) is 7.29. The average molecular weight is 522 g/mol. The zero-order valence-corrected chi connectivity index (χ0v) is 19.3. The van der Waals surface area contributed by atoms with Crippen molar-refractivity contribution >= 4 is 19.6 Å². The van der Waals surface area contributed by atoms with Gasteiger partial charge < -0.3 is 9.84 Å². The Balaban J connectivity index is 1.30. The van der Waals surface area contributed by atoms with E-state index in [4.69, 9.17) is 18.3 Å². The number of benzene rings is 1. The van der Waals surface area contributed by atoms with Crippen LogP contribution in [0.2, 0.25) is 0 Å². The van der Waals surface area contributed by atoms with Crippen molar-refractivity contribution in [3.05, 3.63) is 42.3 Å². The van der Waals surface area contributed by atoms with Gasteiger partial charge in [-0.1, -0.05) is 13.0 Å². The van der Waals surface area contributed by atoms with E-state index in [0.29, 0.717) is 28.5 Å². The molecule has 2 bridgehead atoms. The molecule has 1 aromatic carbocycles. The number of aliphatic hydroxyl groups is 1. The van der Waals surface area contributed by atoms with Crippen LogP contribution in [0.15, 0.2) is 36.5 Å². The Morgan fingerprint density at radius 3 is 2.69 bits per heavy atom. The number of aryl methyl sites for hydroxylation is 1. The standard InChI is InChI=1S/C20H17F2N6O7P/c1-2-7-27-25-17(24-26-27)15-6-3-11(10-23-15)13-5-4-12(8-14(13)22)28-18(30)32-19(16(29)9-21)20(28)34-36(31,33-19)35-20/h3-6,8,10,16,29H,2,7,9H2,1H3/t16-,19+,20?,36?/m1/s1. The zero-order chi connectivity index (χ0) is 25.3. The molecular weight excluding hydrogens is 505 g/mol. The first kappa shape index (κ1) is 23.1. The van der Waals surface area contributed by atoms with Gasteiger partial charge in [-0.3, -0.25) is 4.98 Å². The monoisotopic (exact) mass is 522 g/mol. The molecule has 16 heteroatoms. The number of halogens is 2. The van der Waals surface area contributed by atoms with E-state index in [1.807, 2.05) is 6.92 Å². The molecule has 4 aliphatic heterocycles. The number of nitrogens with zero attached hydrogens (tertiary/aromatic N) is 6. The van der Waals surface area contributed by atoms with Crippen LogP contribution in [0.1, 0.15) is 13.3 Å². The number of tetrazole rings is 1. The van der Waals surface area contributed by atoms with Crippen LogP contribution in [0, 0.1) is 5.82 Å². The van der Waals surface area contributed by atoms with Gasteiger partial charge in [0, 0.05) is 17.3 Å². The topological polar surface area (TPSA) is 151 Å². The lowest BCUT2D eigenvalue weighted by molar-refractivity contribution is -0.282. The number of amides is 1. The summed E-state index contributed by atoms with van der Waals surface area (Å²) in [4.78, 5) is 19.0. The highest BCUT2D eigenvalue weighted by molar-refractivity contribution is 7.50. The Bertz CT molecular complexity index is 1410. The van der Waals surface area contributed by atoms with Crippen LogP contribution < -0.4 is 4.90 Å². The van der Waals surface area contributed by atoms with Crippen LogP contribution in [0.3, 0.4) is 0 Å². The number of anilines is 1. The molecule has 3 aromatic rings. The number of phosphoric ester groups is 1. The lowest BCUT2D eigenvalue weighted by Gasteiger charge is -2.39. The fourth-order valence-corrected chi connectivity index (χ4v) is 5.95. The summed E-state index contributed by atoms with van der Waals surface area (Å²) in [6.45, 7) is 1.18.